The van der Waals surface area contributed by atoms with Crippen LogP contribution in [0.25, 0.3) is 16.3 Å². The Morgan fingerprint density at radius 3 is 2.48 bits per heavy atom. The normalized spacial score (nSPS) is 11.7. The van der Waals surface area contributed by atoms with Gasteiger partial charge in [0.05, 0.1) is 15.5 Å². The molecule has 108 valence electrons. The van der Waals surface area contributed by atoms with Crippen LogP contribution >= 0.6 is 11.3 Å². The van der Waals surface area contributed by atoms with E-state index in [0.717, 1.165) is 16.3 Å². The lowest BCUT2D eigenvalue weighted by molar-refractivity contribution is 0.602. The van der Waals surface area contributed by atoms with Gasteiger partial charge in [0, 0.05) is 12.3 Å². The number of hydrogen-bond acceptors (Lipinski definition) is 5. The topological polar surface area (TPSA) is 78.0 Å². The molecule has 5 nitrogen and oxygen atoms in total. The van der Waals surface area contributed by atoms with Gasteiger partial charge in [0.15, 0.2) is 9.84 Å². The zero-order chi connectivity index (χ0) is 15.0. The van der Waals surface area contributed by atoms with Gasteiger partial charge in [-0.3, -0.25) is 0 Å². The predicted molar refractivity (Wildman–Crippen MR) is 84.4 cm³/mol. The van der Waals surface area contributed by atoms with Crippen molar-refractivity contribution in [2.45, 2.75) is 4.90 Å². The van der Waals surface area contributed by atoms with Crippen molar-refractivity contribution in [3.8, 4) is 16.3 Å². The van der Waals surface area contributed by atoms with Gasteiger partial charge >= 0.3 is 0 Å². The van der Waals surface area contributed by atoms with E-state index in [1.807, 2.05) is 17.5 Å². The maximum atomic E-state index is 11.5. The second kappa shape index (κ2) is 5.01. The van der Waals surface area contributed by atoms with E-state index in [4.69, 9.17) is 5.73 Å². The van der Waals surface area contributed by atoms with Crippen molar-refractivity contribution < 1.29 is 8.42 Å². The van der Waals surface area contributed by atoms with E-state index in [-0.39, 0.29) is 4.90 Å². The maximum absolute atomic E-state index is 11.5. The minimum Gasteiger partial charge on any atom is -0.384 e. The lowest BCUT2D eigenvalue weighted by Crippen LogP contribution is -2.03. The number of rotatable bonds is 3. The number of anilines is 1. The summed E-state index contributed by atoms with van der Waals surface area (Å²) in [7, 11) is -3.20. The highest BCUT2D eigenvalue weighted by Gasteiger charge is 2.11. The van der Waals surface area contributed by atoms with Crippen LogP contribution in [0.15, 0.2) is 52.7 Å². The van der Waals surface area contributed by atoms with Gasteiger partial charge in [-0.1, -0.05) is 6.07 Å². The second-order valence-electron chi connectivity index (χ2n) is 4.61. The average molecular weight is 319 g/mol. The van der Waals surface area contributed by atoms with Gasteiger partial charge in [-0.2, -0.15) is 5.10 Å². The van der Waals surface area contributed by atoms with Crippen LogP contribution in [-0.2, 0) is 9.84 Å². The van der Waals surface area contributed by atoms with Crippen LogP contribution in [0.3, 0.4) is 0 Å². The zero-order valence-electron chi connectivity index (χ0n) is 11.2. The Kier molecular flexibility index (Phi) is 3.30. The first-order chi connectivity index (χ1) is 9.95. The van der Waals surface area contributed by atoms with Crippen LogP contribution in [0.2, 0.25) is 0 Å². The largest absolute Gasteiger partial charge is 0.384 e. The van der Waals surface area contributed by atoms with Gasteiger partial charge in [-0.05, 0) is 35.7 Å². The Bertz CT molecular complexity index is 864. The van der Waals surface area contributed by atoms with Gasteiger partial charge < -0.3 is 5.73 Å². The number of aromatic nitrogens is 2. The highest BCUT2D eigenvalue weighted by molar-refractivity contribution is 7.90. The predicted octanol–water partition coefficient (Wildman–Crippen LogP) is 2.59. The number of nitrogens with zero attached hydrogens (tertiary/aromatic N) is 2. The molecule has 0 aliphatic heterocycles. The minimum atomic E-state index is -3.20. The molecule has 0 saturated heterocycles. The summed E-state index contributed by atoms with van der Waals surface area (Å²) < 4.78 is 24.5. The van der Waals surface area contributed by atoms with Gasteiger partial charge in [0.25, 0.3) is 0 Å². The first kappa shape index (κ1) is 13.8. The molecule has 0 bridgehead atoms. The monoisotopic (exact) mass is 319 g/mol. The average Bonchev–Trinajstić information content (AvgIpc) is 3.07. The Balaban J connectivity index is 2.01. The summed E-state index contributed by atoms with van der Waals surface area (Å²) in [5, 5.41) is 6.44. The number of hydrogen-bond donors (Lipinski definition) is 1. The molecule has 1 aromatic carbocycles. The van der Waals surface area contributed by atoms with Crippen molar-refractivity contribution in [3.05, 3.63) is 47.8 Å². The molecule has 0 saturated carbocycles. The third-order valence-corrected chi connectivity index (χ3v) is 5.04. The quantitative estimate of drug-likeness (QED) is 0.805. The summed E-state index contributed by atoms with van der Waals surface area (Å²) in [5.41, 5.74) is 7.52. The molecule has 0 amide bonds. The van der Waals surface area contributed by atoms with Gasteiger partial charge in [0.1, 0.15) is 11.5 Å². The third-order valence-electron chi connectivity index (χ3n) is 3.02. The molecule has 0 fully saturated rings. The molecule has 0 spiro atoms. The second-order valence-corrected chi connectivity index (χ2v) is 7.57. The summed E-state index contributed by atoms with van der Waals surface area (Å²) in [6, 6.07) is 12.2. The number of benzene rings is 1. The standard InChI is InChI=1S/C14H13N3O2S2/c1-21(18,19)11-6-4-10(5-7-11)17-14(15)9-12(16-17)13-3-2-8-20-13/h2-9H,15H2,1H3. The van der Waals surface area contributed by atoms with Crippen molar-refractivity contribution in [2.24, 2.45) is 0 Å². The number of nitrogens with two attached hydrogens (primary N) is 1. The fourth-order valence-corrected chi connectivity index (χ4v) is 3.29. The van der Waals surface area contributed by atoms with E-state index < -0.39 is 9.84 Å². The highest BCUT2D eigenvalue weighted by atomic mass is 32.2. The molecular formula is C14H13N3O2S2. The van der Waals surface area contributed by atoms with Crippen LogP contribution in [0.5, 0.6) is 0 Å². The van der Waals surface area contributed by atoms with Crippen molar-refractivity contribution in [1.29, 1.82) is 0 Å². The minimum absolute atomic E-state index is 0.274. The molecule has 7 heteroatoms. The lowest BCUT2D eigenvalue weighted by Gasteiger charge is -2.04. The van der Waals surface area contributed by atoms with E-state index >= 15 is 0 Å². The summed E-state index contributed by atoms with van der Waals surface area (Å²) in [6.07, 6.45) is 1.18. The fourth-order valence-electron chi connectivity index (χ4n) is 1.98. The number of thiophene rings is 1. The molecule has 0 atom stereocenters. The molecule has 21 heavy (non-hydrogen) atoms. The molecule has 3 aromatic rings. The molecule has 0 radical (unpaired) electrons. The van der Waals surface area contributed by atoms with Crippen LogP contribution < -0.4 is 5.73 Å². The van der Waals surface area contributed by atoms with E-state index in [2.05, 4.69) is 5.10 Å². The molecule has 0 aliphatic carbocycles. The first-order valence-electron chi connectivity index (χ1n) is 6.15. The van der Waals surface area contributed by atoms with Crippen molar-refractivity contribution in [3.63, 3.8) is 0 Å². The number of sulfone groups is 1. The van der Waals surface area contributed by atoms with E-state index in [1.165, 1.54) is 6.26 Å². The Labute approximate surface area is 126 Å². The molecule has 3 rings (SSSR count). The summed E-state index contributed by atoms with van der Waals surface area (Å²) >= 11 is 1.59. The summed E-state index contributed by atoms with van der Waals surface area (Å²) in [4.78, 5) is 1.31. The third kappa shape index (κ3) is 2.70. The van der Waals surface area contributed by atoms with Crippen LogP contribution in [0, 0.1) is 0 Å². The van der Waals surface area contributed by atoms with Crippen LogP contribution in [0.1, 0.15) is 0 Å². The van der Waals surface area contributed by atoms with Gasteiger partial charge in [0.2, 0.25) is 0 Å². The van der Waals surface area contributed by atoms with Crippen LogP contribution in [0.4, 0.5) is 5.82 Å². The number of nitrogen functional groups attached to an aromatic ring is 1. The van der Waals surface area contributed by atoms with Crippen LogP contribution in [-0.4, -0.2) is 24.5 Å². The molecule has 0 unspecified atom stereocenters. The lowest BCUT2D eigenvalue weighted by atomic mass is 10.3. The van der Waals surface area contributed by atoms with E-state index in [0.29, 0.717) is 5.82 Å². The molecule has 2 aromatic heterocycles. The SMILES string of the molecule is CS(=O)(=O)c1ccc(-n2nc(-c3cccs3)cc2N)cc1. The van der Waals surface area contributed by atoms with Crippen molar-refractivity contribution >= 4 is 27.0 Å². The summed E-state index contributed by atoms with van der Waals surface area (Å²) in [5.74, 6) is 0.505. The molecule has 2 N–H and O–H groups in total. The van der Waals surface area contributed by atoms with Gasteiger partial charge in [-0.25, -0.2) is 13.1 Å². The summed E-state index contributed by atoms with van der Waals surface area (Å²) in [6.45, 7) is 0. The smallest absolute Gasteiger partial charge is 0.175 e. The Hall–Kier alpha value is -2.12. The van der Waals surface area contributed by atoms with E-state index in [1.54, 1.807) is 46.4 Å². The Morgan fingerprint density at radius 1 is 1.19 bits per heavy atom. The molecule has 2 heterocycles. The van der Waals surface area contributed by atoms with Gasteiger partial charge in [-0.15, -0.1) is 11.3 Å². The van der Waals surface area contributed by atoms with Crippen molar-refractivity contribution in [1.82, 2.24) is 9.78 Å². The fraction of sp³-hybridized carbons (Fsp3) is 0.0714. The zero-order valence-corrected chi connectivity index (χ0v) is 12.9. The molecule has 0 aliphatic rings. The Morgan fingerprint density at radius 2 is 1.90 bits per heavy atom. The van der Waals surface area contributed by atoms with Crippen molar-refractivity contribution in [2.75, 3.05) is 12.0 Å². The first-order valence-corrected chi connectivity index (χ1v) is 8.92. The molecular weight excluding hydrogens is 306 g/mol. The van der Waals surface area contributed by atoms with E-state index in [9.17, 15) is 8.42 Å². The highest BCUT2D eigenvalue weighted by Crippen LogP contribution is 2.26. The maximum Gasteiger partial charge on any atom is 0.175 e.